The van der Waals surface area contributed by atoms with Gasteiger partial charge in [-0.2, -0.15) is 0 Å². The first kappa shape index (κ1) is 13.0. The molecule has 0 radical (unpaired) electrons. The van der Waals surface area contributed by atoms with Crippen LogP contribution in [0.3, 0.4) is 0 Å². The van der Waals surface area contributed by atoms with Crippen molar-refractivity contribution in [1.82, 2.24) is 0 Å². The summed E-state index contributed by atoms with van der Waals surface area (Å²) in [6.07, 6.45) is -0.705. The van der Waals surface area contributed by atoms with Gasteiger partial charge in [0.15, 0.2) is 0 Å². The molecule has 1 atom stereocenters. The molecule has 1 rings (SSSR count). The summed E-state index contributed by atoms with van der Waals surface area (Å²) in [5.41, 5.74) is 0.132. The molecule has 0 aromatic heterocycles. The first-order valence-corrected chi connectivity index (χ1v) is 5.48. The highest BCUT2D eigenvalue weighted by atomic mass is 16.5. The predicted octanol–water partition coefficient (Wildman–Crippen LogP) is 2.54. The van der Waals surface area contributed by atoms with Crippen molar-refractivity contribution in [2.75, 3.05) is 13.7 Å². The number of hydrogen-bond donors (Lipinski definition) is 1. The Morgan fingerprint density at radius 2 is 1.94 bits per heavy atom. The number of rotatable bonds is 5. The van der Waals surface area contributed by atoms with Gasteiger partial charge in [-0.15, -0.1) is 0 Å². The van der Waals surface area contributed by atoms with Crippen molar-refractivity contribution in [3.05, 3.63) is 29.8 Å². The number of hydrogen-bond acceptors (Lipinski definition) is 3. The molecule has 3 nitrogen and oxygen atoms in total. The van der Waals surface area contributed by atoms with Crippen LogP contribution in [0.2, 0.25) is 0 Å². The molecule has 1 aromatic rings. The molecule has 90 valence electrons. The molecule has 0 amide bonds. The van der Waals surface area contributed by atoms with E-state index in [1.54, 1.807) is 7.11 Å². The van der Waals surface area contributed by atoms with Gasteiger partial charge in [-0.1, -0.05) is 18.2 Å². The molecule has 0 aliphatic carbocycles. The van der Waals surface area contributed by atoms with E-state index in [4.69, 9.17) is 9.47 Å². The van der Waals surface area contributed by atoms with Crippen molar-refractivity contribution >= 4 is 0 Å². The van der Waals surface area contributed by atoms with Crippen LogP contribution in [0.15, 0.2) is 24.3 Å². The number of para-hydroxylation sites is 1. The second-order valence-electron chi connectivity index (χ2n) is 4.18. The SMILES string of the molecule is CCOC(C)(C)C(O)c1ccccc1OC. The van der Waals surface area contributed by atoms with Gasteiger partial charge in [0.05, 0.1) is 12.7 Å². The van der Waals surface area contributed by atoms with Gasteiger partial charge in [0, 0.05) is 12.2 Å². The Morgan fingerprint density at radius 3 is 2.50 bits per heavy atom. The highest BCUT2D eigenvalue weighted by Gasteiger charge is 2.31. The van der Waals surface area contributed by atoms with Crippen LogP contribution in [-0.2, 0) is 4.74 Å². The van der Waals surface area contributed by atoms with Gasteiger partial charge in [0.1, 0.15) is 11.9 Å². The second-order valence-corrected chi connectivity index (χ2v) is 4.18. The lowest BCUT2D eigenvalue weighted by atomic mass is 9.94. The maximum absolute atomic E-state index is 10.3. The summed E-state index contributed by atoms with van der Waals surface area (Å²) in [5.74, 6) is 0.683. The number of ether oxygens (including phenoxy) is 2. The number of methoxy groups -OCH3 is 1. The lowest BCUT2D eigenvalue weighted by Crippen LogP contribution is -2.33. The van der Waals surface area contributed by atoms with E-state index < -0.39 is 11.7 Å². The molecule has 16 heavy (non-hydrogen) atoms. The summed E-state index contributed by atoms with van der Waals surface area (Å²) in [7, 11) is 1.60. The van der Waals surface area contributed by atoms with Crippen LogP contribution in [-0.4, -0.2) is 24.4 Å². The van der Waals surface area contributed by atoms with Crippen molar-refractivity contribution in [2.45, 2.75) is 32.5 Å². The van der Waals surface area contributed by atoms with Crippen molar-refractivity contribution in [2.24, 2.45) is 0 Å². The summed E-state index contributed by atoms with van der Waals surface area (Å²) in [6, 6.07) is 7.44. The van der Waals surface area contributed by atoms with Crippen LogP contribution in [0.1, 0.15) is 32.4 Å². The molecule has 0 heterocycles. The zero-order valence-electron chi connectivity index (χ0n) is 10.4. The standard InChI is InChI=1S/C13H20O3/c1-5-16-13(2,3)12(14)10-8-6-7-9-11(10)15-4/h6-9,12,14H,5H2,1-4H3. The topological polar surface area (TPSA) is 38.7 Å². The molecule has 0 bridgehead atoms. The molecule has 0 aliphatic rings. The van der Waals surface area contributed by atoms with Crippen molar-refractivity contribution in [1.29, 1.82) is 0 Å². The van der Waals surface area contributed by atoms with Crippen LogP contribution in [0.5, 0.6) is 5.75 Å². The smallest absolute Gasteiger partial charge is 0.124 e. The molecule has 0 fully saturated rings. The van der Waals surface area contributed by atoms with Crippen molar-refractivity contribution in [3.63, 3.8) is 0 Å². The maximum Gasteiger partial charge on any atom is 0.124 e. The average Bonchev–Trinajstić information content (AvgIpc) is 2.28. The summed E-state index contributed by atoms with van der Waals surface area (Å²) >= 11 is 0. The third-order valence-corrected chi connectivity index (χ3v) is 2.61. The van der Waals surface area contributed by atoms with E-state index in [1.165, 1.54) is 0 Å². The normalized spacial score (nSPS) is 13.6. The van der Waals surface area contributed by atoms with E-state index in [-0.39, 0.29) is 0 Å². The quantitative estimate of drug-likeness (QED) is 0.835. The minimum atomic E-state index is -0.705. The lowest BCUT2D eigenvalue weighted by molar-refractivity contribution is -0.0989. The molecule has 1 aromatic carbocycles. The summed E-state index contributed by atoms with van der Waals surface area (Å²) in [5, 5.41) is 10.3. The first-order chi connectivity index (χ1) is 7.53. The molecule has 0 saturated carbocycles. The number of aliphatic hydroxyl groups excluding tert-OH is 1. The molecule has 1 unspecified atom stereocenters. The fourth-order valence-electron chi connectivity index (χ4n) is 1.72. The van der Waals surface area contributed by atoms with Crippen molar-refractivity contribution in [3.8, 4) is 5.75 Å². The minimum Gasteiger partial charge on any atom is -0.496 e. The predicted molar refractivity (Wildman–Crippen MR) is 63.7 cm³/mol. The van der Waals surface area contributed by atoms with E-state index in [0.29, 0.717) is 12.4 Å². The van der Waals surface area contributed by atoms with Crippen LogP contribution >= 0.6 is 0 Å². The molecule has 0 spiro atoms. The maximum atomic E-state index is 10.3. The van der Waals surface area contributed by atoms with Gasteiger partial charge in [0.2, 0.25) is 0 Å². The van der Waals surface area contributed by atoms with Crippen LogP contribution in [0.25, 0.3) is 0 Å². The van der Waals surface area contributed by atoms with Gasteiger partial charge in [-0.05, 0) is 26.8 Å². The third kappa shape index (κ3) is 2.74. The largest absolute Gasteiger partial charge is 0.496 e. The summed E-state index contributed by atoms with van der Waals surface area (Å²) in [4.78, 5) is 0. The Kier molecular flexibility index (Phi) is 4.33. The molecular weight excluding hydrogens is 204 g/mol. The van der Waals surface area contributed by atoms with Crippen LogP contribution < -0.4 is 4.74 Å². The Morgan fingerprint density at radius 1 is 1.31 bits per heavy atom. The Hall–Kier alpha value is -1.06. The molecular formula is C13H20O3. The third-order valence-electron chi connectivity index (χ3n) is 2.61. The van der Waals surface area contributed by atoms with E-state index in [2.05, 4.69) is 0 Å². The number of benzene rings is 1. The van der Waals surface area contributed by atoms with E-state index in [1.807, 2.05) is 45.0 Å². The van der Waals surface area contributed by atoms with Crippen LogP contribution in [0, 0.1) is 0 Å². The van der Waals surface area contributed by atoms with Gasteiger partial charge in [0.25, 0.3) is 0 Å². The van der Waals surface area contributed by atoms with E-state index >= 15 is 0 Å². The Balaban J connectivity index is 2.99. The molecule has 1 N–H and O–H groups in total. The fraction of sp³-hybridized carbons (Fsp3) is 0.538. The second kappa shape index (κ2) is 5.32. The van der Waals surface area contributed by atoms with E-state index in [0.717, 1.165) is 5.56 Å². The first-order valence-electron chi connectivity index (χ1n) is 5.48. The Labute approximate surface area is 97.0 Å². The monoisotopic (exact) mass is 224 g/mol. The van der Waals surface area contributed by atoms with Gasteiger partial charge in [-0.25, -0.2) is 0 Å². The zero-order chi connectivity index (χ0) is 12.2. The molecule has 0 aliphatic heterocycles. The lowest BCUT2D eigenvalue weighted by Gasteiger charge is -2.31. The molecule has 0 saturated heterocycles. The van der Waals surface area contributed by atoms with Gasteiger partial charge < -0.3 is 14.6 Å². The van der Waals surface area contributed by atoms with Crippen LogP contribution in [0.4, 0.5) is 0 Å². The van der Waals surface area contributed by atoms with Gasteiger partial charge >= 0.3 is 0 Å². The zero-order valence-corrected chi connectivity index (χ0v) is 10.4. The summed E-state index contributed by atoms with van der Waals surface area (Å²) in [6.45, 7) is 6.22. The highest BCUT2D eigenvalue weighted by molar-refractivity contribution is 5.36. The highest BCUT2D eigenvalue weighted by Crippen LogP contribution is 2.34. The fourth-order valence-corrected chi connectivity index (χ4v) is 1.72. The Bertz CT molecular complexity index is 334. The van der Waals surface area contributed by atoms with E-state index in [9.17, 15) is 5.11 Å². The average molecular weight is 224 g/mol. The molecule has 3 heteroatoms. The number of aliphatic hydroxyl groups is 1. The van der Waals surface area contributed by atoms with Gasteiger partial charge in [-0.3, -0.25) is 0 Å². The van der Waals surface area contributed by atoms with Crippen molar-refractivity contribution < 1.29 is 14.6 Å². The summed E-state index contributed by atoms with van der Waals surface area (Å²) < 4.78 is 10.8. The minimum absolute atomic E-state index is 0.569.